The lowest BCUT2D eigenvalue weighted by Gasteiger charge is -2.25. The highest BCUT2D eigenvalue weighted by Crippen LogP contribution is 2.39. The molecule has 1 fully saturated rings. The first kappa shape index (κ1) is 17.6. The second kappa shape index (κ2) is 7.47. The van der Waals surface area contributed by atoms with Gasteiger partial charge in [0.2, 0.25) is 6.79 Å². The Hall–Kier alpha value is -3.54. The van der Waals surface area contributed by atoms with Crippen LogP contribution in [0.1, 0.15) is 34.8 Å². The molecule has 5 rings (SSSR count). The summed E-state index contributed by atoms with van der Waals surface area (Å²) < 4.78 is 16.7. The largest absolute Gasteiger partial charge is 0.456 e. The van der Waals surface area contributed by atoms with Gasteiger partial charge in [0.05, 0.1) is 12.2 Å². The Morgan fingerprint density at radius 1 is 1.03 bits per heavy atom. The van der Waals surface area contributed by atoms with Crippen molar-refractivity contribution in [2.45, 2.75) is 18.9 Å². The Labute approximate surface area is 168 Å². The Morgan fingerprint density at radius 2 is 1.90 bits per heavy atom. The first-order chi connectivity index (χ1) is 14.3. The molecule has 1 unspecified atom stereocenters. The monoisotopic (exact) mass is 388 g/mol. The van der Waals surface area contributed by atoms with Gasteiger partial charge in [0.25, 0.3) is 5.91 Å². The van der Waals surface area contributed by atoms with E-state index in [1.807, 2.05) is 59.5 Å². The molecule has 0 N–H and O–H groups in total. The van der Waals surface area contributed by atoms with E-state index >= 15 is 0 Å². The number of carbonyl (C=O) groups excluding carboxylic acids is 1. The second-order valence-electron chi connectivity index (χ2n) is 7.08. The Bertz CT molecular complexity index is 1020. The molecule has 0 spiro atoms. The molecular weight excluding hydrogens is 368 g/mol. The predicted molar refractivity (Wildman–Crippen MR) is 106 cm³/mol. The first-order valence-electron chi connectivity index (χ1n) is 9.66. The molecule has 1 saturated heterocycles. The van der Waals surface area contributed by atoms with Crippen molar-refractivity contribution in [3.05, 3.63) is 78.1 Å². The van der Waals surface area contributed by atoms with Crippen LogP contribution in [0.25, 0.3) is 0 Å². The fraction of sp³-hybridized carbons (Fsp3) is 0.217. The van der Waals surface area contributed by atoms with E-state index in [0.29, 0.717) is 17.1 Å². The summed E-state index contributed by atoms with van der Waals surface area (Å²) in [6, 6.07) is 16.9. The van der Waals surface area contributed by atoms with Gasteiger partial charge in [-0.25, -0.2) is 0 Å². The molecule has 0 bridgehead atoms. The van der Waals surface area contributed by atoms with E-state index in [1.54, 1.807) is 12.4 Å². The highest BCUT2D eigenvalue weighted by molar-refractivity contribution is 5.94. The lowest BCUT2D eigenvalue weighted by atomic mass is 10.0. The molecule has 2 aromatic carbocycles. The molecule has 6 nitrogen and oxygen atoms in total. The summed E-state index contributed by atoms with van der Waals surface area (Å²) in [6.45, 7) is 0.992. The predicted octanol–water partition coefficient (Wildman–Crippen LogP) is 4.58. The smallest absolute Gasteiger partial charge is 0.254 e. The minimum Gasteiger partial charge on any atom is -0.456 e. The number of likely N-dealkylation sites (tertiary alicyclic amines) is 1. The van der Waals surface area contributed by atoms with Crippen molar-refractivity contribution in [2.24, 2.45) is 0 Å². The summed E-state index contributed by atoms with van der Waals surface area (Å²) in [5.74, 6) is 2.86. The van der Waals surface area contributed by atoms with Gasteiger partial charge in [0.15, 0.2) is 11.5 Å². The highest BCUT2D eigenvalue weighted by Gasteiger charge is 2.31. The van der Waals surface area contributed by atoms with Gasteiger partial charge in [0, 0.05) is 18.3 Å². The summed E-state index contributed by atoms with van der Waals surface area (Å²) in [4.78, 5) is 19.1. The number of aromatic nitrogens is 1. The summed E-state index contributed by atoms with van der Waals surface area (Å²) in [6.07, 6.45) is 5.27. The average Bonchev–Trinajstić information content (AvgIpc) is 3.43. The Kier molecular flexibility index (Phi) is 4.52. The van der Waals surface area contributed by atoms with Gasteiger partial charge in [-0.2, -0.15) is 0 Å². The van der Waals surface area contributed by atoms with Crippen LogP contribution in [0.4, 0.5) is 0 Å². The van der Waals surface area contributed by atoms with Crippen LogP contribution in [0, 0.1) is 0 Å². The molecule has 0 radical (unpaired) electrons. The van der Waals surface area contributed by atoms with Gasteiger partial charge in [-0.3, -0.25) is 9.78 Å². The van der Waals surface area contributed by atoms with E-state index in [1.165, 1.54) is 0 Å². The number of amides is 1. The van der Waals surface area contributed by atoms with E-state index in [4.69, 9.17) is 14.2 Å². The van der Waals surface area contributed by atoms with Crippen molar-refractivity contribution in [1.82, 2.24) is 9.88 Å². The molecule has 0 aliphatic carbocycles. The van der Waals surface area contributed by atoms with Crippen molar-refractivity contribution in [3.8, 4) is 23.0 Å². The number of nitrogens with zero attached hydrogens (tertiary/aromatic N) is 2. The summed E-state index contributed by atoms with van der Waals surface area (Å²) in [5.41, 5.74) is 1.73. The highest BCUT2D eigenvalue weighted by atomic mass is 16.7. The zero-order valence-electron chi connectivity index (χ0n) is 15.8. The standard InChI is InChI=1S/C23H20N2O4/c26-23(16-5-8-18(9-6-16)29-19-3-1-11-24-14-19)25-12-2-4-20(25)17-7-10-21-22(13-17)28-15-27-21/h1,3,5-11,13-14,20H,2,4,12,15H2. The number of hydrogen-bond donors (Lipinski definition) is 0. The maximum Gasteiger partial charge on any atom is 0.254 e. The first-order valence-corrected chi connectivity index (χ1v) is 9.66. The molecule has 29 heavy (non-hydrogen) atoms. The number of pyridine rings is 1. The van der Waals surface area contributed by atoms with Crippen LogP contribution in [-0.2, 0) is 0 Å². The van der Waals surface area contributed by atoms with Crippen LogP contribution in [-0.4, -0.2) is 29.1 Å². The molecule has 1 aromatic heterocycles. The second-order valence-corrected chi connectivity index (χ2v) is 7.08. The molecule has 1 amide bonds. The van der Waals surface area contributed by atoms with Gasteiger partial charge >= 0.3 is 0 Å². The third-order valence-electron chi connectivity index (χ3n) is 5.27. The quantitative estimate of drug-likeness (QED) is 0.655. The van der Waals surface area contributed by atoms with Crippen LogP contribution in [0.15, 0.2) is 67.0 Å². The van der Waals surface area contributed by atoms with Gasteiger partial charge in [0.1, 0.15) is 11.5 Å². The summed E-state index contributed by atoms with van der Waals surface area (Å²) in [7, 11) is 0. The average molecular weight is 388 g/mol. The molecule has 146 valence electrons. The number of benzene rings is 2. The summed E-state index contributed by atoms with van der Waals surface area (Å²) >= 11 is 0. The van der Waals surface area contributed by atoms with Crippen LogP contribution in [0.3, 0.4) is 0 Å². The fourth-order valence-corrected chi connectivity index (χ4v) is 3.85. The maximum atomic E-state index is 13.2. The lowest BCUT2D eigenvalue weighted by Crippen LogP contribution is -2.30. The molecule has 6 heteroatoms. The van der Waals surface area contributed by atoms with E-state index in [9.17, 15) is 4.79 Å². The SMILES string of the molecule is O=C(c1ccc(Oc2cccnc2)cc1)N1CCCC1c1ccc2c(c1)OCO2. The third kappa shape index (κ3) is 3.49. The molecule has 2 aliphatic rings. The van der Waals surface area contributed by atoms with Gasteiger partial charge < -0.3 is 19.1 Å². The van der Waals surface area contributed by atoms with Gasteiger partial charge in [-0.15, -0.1) is 0 Å². The summed E-state index contributed by atoms with van der Waals surface area (Å²) in [5, 5.41) is 0. The van der Waals surface area contributed by atoms with E-state index < -0.39 is 0 Å². The number of ether oxygens (including phenoxy) is 3. The van der Waals surface area contributed by atoms with Crippen molar-refractivity contribution < 1.29 is 19.0 Å². The zero-order valence-corrected chi connectivity index (χ0v) is 15.8. The number of rotatable bonds is 4. The van der Waals surface area contributed by atoms with Crippen molar-refractivity contribution in [3.63, 3.8) is 0 Å². The normalized spacial score (nSPS) is 17.4. The minimum absolute atomic E-state index is 0.0260. The van der Waals surface area contributed by atoms with Gasteiger partial charge in [-0.1, -0.05) is 6.07 Å². The molecular formula is C23H20N2O4. The third-order valence-corrected chi connectivity index (χ3v) is 5.27. The van der Waals surface area contributed by atoms with Crippen molar-refractivity contribution >= 4 is 5.91 Å². The van der Waals surface area contributed by atoms with Crippen LogP contribution < -0.4 is 14.2 Å². The molecule has 1 atom stereocenters. The Balaban J connectivity index is 1.33. The Morgan fingerprint density at radius 3 is 2.72 bits per heavy atom. The topological polar surface area (TPSA) is 60.9 Å². The minimum atomic E-state index is 0.0260. The molecule has 2 aliphatic heterocycles. The lowest BCUT2D eigenvalue weighted by molar-refractivity contribution is 0.0735. The van der Waals surface area contributed by atoms with Crippen molar-refractivity contribution in [2.75, 3.05) is 13.3 Å². The zero-order chi connectivity index (χ0) is 19.6. The maximum absolute atomic E-state index is 13.2. The van der Waals surface area contributed by atoms with E-state index in [0.717, 1.165) is 36.4 Å². The van der Waals surface area contributed by atoms with Crippen LogP contribution in [0.2, 0.25) is 0 Å². The van der Waals surface area contributed by atoms with Crippen molar-refractivity contribution in [1.29, 1.82) is 0 Å². The fourth-order valence-electron chi connectivity index (χ4n) is 3.85. The van der Waals surface area contributed by atoms with E-state index in [-0.39, 0.29) is 18.7 Å². The van der Waals surface area contributed by atoms with Gasteiger partial charge in [-0.05, 0) is 66.9 Å². The molecule has 0 saturated carbocycles. The number of hydrogen-bond acceptors (Lipinski definition) is 5. The van der Waals surface area contributed by atoms with E-state index in [2.05, 4.69) is 4.98 Å². The molecule has 3 aromatic rings. The van der Waals surface area contributed by atoms with Crippen LogP contribution >= 0.6 is 0 Å². The van der Waals surface area contributed by atoms with Crippen LogP contribution in [0.5, 0.6) is 23.0 Å². The molecule has 3 heterocycles. The number of fused-ring (bicyclic) bond motifs is 1. The number of carbonyl (C=O) groups is 1.